The first kappa shape index (κ1) is 15.0. The molecule has 1 heterocycles. The molecule has 5 heteroatoms. The van der Waals surface area contributed by atoms with E-state index < -0.39 is 0 Å². The molecule has 19 heavy (non-hydrogen) atoms. The third kappa shape index (κ3) is 3.60. The van der Waals surface area contributed by atoms with E-state index in [1.807, 2.05) is 0 Å². The van der Waals surface area contributed by atoms with Crippen LogP contribution in [0.3, 0.4) is 0 Å². The zero-order valence-electron chi connectivity index (χ0n) is 11.3. The minimum Gasteiger partial charge on any atom is -0.330 e. The summed E-state index contributed by atoms with van der Waals surface area (Å²) in [6.07, 6.45) is 5.52. The van der Waals surface area contributed by atoms with Crippen molar-refractivity contribution in [3.8, 4) is 0 Å². The monoisotopic (exact) mass is 301 g/mol. The highest BCUT2D eigenvalue weighted by atomic mass is 35.5. The van der Waals surface area contributed by atoms with Crippen molar-refractivity contribution in [1.29, 1.82) is 0 Å². The number of hydrogen-bond acceptors (Lipinski definition) is 3. The van der Waals surface area contributed by atoms with Crippen LogP contribution in [0.1, 0.15) is 31.7 Å². The van der Waals surface area contributed by atoms with Gasteiger partial charge in [0.15, 0.2) is 0 Å². The van der Waals surface area contributed by atoms with Crippen molar-refractivity contribution in [3.63, 3.8) is 0 Å². The Balaban J connectivity index is 2.10. The molecular weight excluding hydrogens is 281 g/mol. The molecular formula is C14H21Cl2N3. The van der Waals surface area contributed by atoms with Crippen LogP contribution in [0.5, 0.6) is 0 Å². The average molecular weight is 302 g/mol. The minimum atomic E-state index is 0.442. The fourth-order valence-corrected chi connectivity index (χ4v) is 3.43. The summed E-state index contributed by atoms with van der Waals surface area (Å²) in [4.78, 5) is 6.58. The van der Waals surface area contributed by atoms with E-state index in [4.69, 9.17) is 28.9 Å². The van der Waals surface area contributed by atoms with Gasteiger partial charge in [-0.05, 0) is 37.9 Å². The normalized spacial score (nSPS) is 23.2. The Morgan fingerprint density at radius 1 is 1.42 bits per heavy atom. The summed E-state index contributed by atoms with van der Waals surface area (Å²) in [6, 6.07) is 2.28. The second kappa shape index (κ2) is 6.89. The van der Waals surface area contributed by atoms with Gasteiger partial charge in [0.25, 0.3) is 0 Å². The van der Waals surface area contributed by atoms with E-state index in [1.165, 1.54) is 19.3 Å². The van der Waals surface area contributed by atoms with Gasteiger partial charge in [0.2, 0.25) is 0 Å². The first-order chi connectivity index (χ1) is 9.15. The van der Waals surface area contributed by atoms with Gasteiger partial charge in [-0.25, -0.2) is 4.98 Å². The number of hydrogen-bond donors (Lipinski definition) is 1. The maximum atomic E-state index is 6.23. The summed E-state index contributed by atoms with van der Waals surface area (Å²) in [5.74, 6) is 0.610. The van der Waals surface area contributed by atoms with Gasteiger partial charge < -0.3 is 5.73 Å². The highest BCUT2D eigenvalue weighted by Gasteiger charge is 2.30. The number of aromatic nitrogens is 1. The second-order valence-electron chi connectivity index (χ2n) is 5.16. The Morgan fingerprint density at radius 3 is 2.84 bits per heavy atom. The van der Waals surface area contributed by atoms with E-state index in [9.17, 15) is 0 Å². The molecule has 0 radical (unpaired) electrons. The van der Waals surface area contributed by atoms with Gasteiger partial charge in [-0.15, -0.1) is 0 Å². The molecule has 2 N–H and O–H groups in total. The van der Waals surface area contributed by atoms with Crippen LogP contribution in [0.2, 0.25) is 10.2 Å². The molecule has 0 bridgehead atoms. The molecule has 2 unspecified atom stereocenters. The van der Waals surface area contributed by atoms with E-state index in [0.717, 1.165) is 25.2 Å². The molecule has 0 saturated heterocycles. The van der Waals surface area contributed by atoms with Crippen molar-refractivity contribution < 1.29 is 0 Å². The number of halogens is 2. The lowest BCUT2D eigenvalue weighted by atomic mass is 10.0. The van der Waals surface area contributed by atoms with Crippen molar-refractivity contribution in [2.45, 2.75) is 38.8 Å². The molecule has 1 saturated carbocycles. The van der Waals surface area contributed by atoms with Gasteiger partial charge in [-0.3, -0.25) is 4.90 Å². The van der Waals surface area contributed by atoms with Crippen LogP contribution < -0.4 is 5.73 Å². The van der Waals surface area contributed by atoms with Crippen molar-refractivity contribution in [3.05, 3.63) is 28.0 Å². The molecule has 1 fully saturated rings. The Morgan fingerprint density at radius 2 is 2.21 bits per heavy atom. The molecule has 2 rings (SSSR count). The molecule has 1 aliphatic rings. The quantitative estimate of drug-likeness (QED) is 0.848. The van der Waals surface area contributed by atoms with Crippen LogP contribution in [0.25, 0.3) is 0 Å². The van der Waals surface area contributed by atoms with Crippen molar-refractivity contribution in [2.75, 3.05) is 13.1 Å². The van der Waals surface area contributed by atoms with Crippen LogP contribution in [0.4, 0.5) is 0 Å². The van der Waals surface area contributed by atoms with E-state index >= 15 is 0 Å². The van der Waals surface area contributed by atoms with Gasteiger partial charge in [0.1, 0.15) is 5.15 Å². The van der Waals surface area contributed by atoms with Crippen LogP contribution in [-0.4, -0.2) is 29.0 Å². The van der Waals surface area contributed by atoms with Gasteiger partial charge >= 0.3 is 0 Å². The third-order valence-corrected chi connectivity index (χ3v) is 4.63. The van der Waals surface area contributed by atoms with E-state index in [1.54, 1.807) is 12.3 Å². The Labute approximate surface area is 125 Å². The molecule has 1 aromatic heterocycles. The summed E-state index contributed by atoms with van der Waals surface area (Å²) < 4.78 is 0. The van der Waals surface area contributed by atoms with Gasteiger partial charge in [0.05, 0.1) is 0 Å². The molecule has 0 spiro atoms. The highest BCUT2D eigenvalue weighted by Crippen LogP contribution is 2.31. The van der Waals surface area contributed by atoms with E-state index in [2.05, 4.69) is 16.8 Å². The van der Waals surface area contributed by atoms with Gasteiger partial charge in [-0.1, -0.05) is 36.5 Å². The number of nitrogens with two attached hydrogens (primary N) is 1. The number of nitrogens with zero attached hydrogens (tertiary/aromatic N) is 2. The first-order valence-electron chi connectivity index (χ1n) is 6.89. The van der Waals surface area contributed by atoms with E-state index in [0.29, 0.717) is 22.1 Å². The van der Waals surface area contributed by atoms with Crippen LogP contribution in [-0.2, 0) is 6.54 Å². The lowest BCUT2D eigenvalue weighted by molar-refractivity contribution is 0.162. The highest BCUT2D eigenvalue weighted by molar-refractivity contribution is 6.34. The van der Waals surface area contributed by atoms with Crippen LogP contribution in [0.15, 0.2) is 12.3 Å². The lowest BCUT2D eigenvalue weighted by Crippen LogP contribution is -2.39. The zero-order valence-corrected chi connectivity index (χ0v) is 12.8. The largest absolute Gasteiger partial charge is 0.330 e. The Bertz CT molecular complexity index is 425. The number of rotatable bonds is 5. The second-order valence-corrected chi connectivity index (χ2v) is 5.95. The molecule has 1 aromatic rings. The van der Waals surface area contributed by atoms with Crippen LogP contribution in [0, 0.1) is 5.92 Å². The molecule has 0 amide bonds. The number of pyridine rings is 1. The molecule has 0 aromatic carbocycles. The molecule has 1 aliphatic carbocycles. The standard InChI is InChI=1S/C14H21Cl2N3/c1-2-19(13-5-3-4-10(13)7-17)9-11-8-18-14(16)6-12(11)15/h6,8,10,13H,2-5,7,9,17H2,1H3. The minimum absolute atomic E-state index is 0.442. The average Bonchev–Trinajstić information content (AvgIpc) is 2.86. The molecule has 3 nitrogen and oxygen atoms in total. The lowest BCUT2D eigenvalue weighted by Gasteiger charge is -2.32. The summed E-state index contributed by atoms with van der Waals surface area (Å²) in [5.41, 5.74) is 6.91. The third-order valence-electron chi connectivity index (χ3n) is 4.07. The SMILES string of the molecule is CCN(Cc1cnc(Cl)cc1Cl)C1CCCC1CN. The van der Waals surface area contributed by atoms with Gasteiger partial charge in [0, 0.05) is 29.4 Å². The predicted molar refractivity (Wildman–Crippen MR) is 80.5 cm³/mol. The molecule has 2 atom stereocenters. The Hall–Kier alpha value is -0.350. The summed E-state index contributed by atoms with van der Waals surface area (Å²) in [7, 11) is 0. The molecule has 0 aliphatic heterocycles. The van der Waals surface area contributed by atoms with E-state index in [-0.39, 0.29) is 0 Å². The topological polar surface area (TPSA) is 42.2 Å². The fourth-order valence-electron chi connectivity index (χ4n) is 3.01. The maximum Gasteiger partial charge on any atom is 0.130 e. The zero-order chi connectivity index (χ0) is 13.8. The van der Waals surface area contributed by atoms with Crippen molar-refractivity contribution in [2.24, 2.45) is 11.7 Å². The summed E-state index contributed by atoms with van der Waals surface area (Å²) >= 11 is 12.1. The summed E-state index contributed by atoms with van der Waals surface area (Å²) in [5, 5.41) is 1.14. The summed E-state index contributed by atoms with van der Waals surface area (Å²) in [6.45, 7) is 4.78. The smallest absolute Gasteiger partial charge is 0.130 e. The van der Waals surface area contributed by atoms with Crippen molar-refractivity contribution >= 4 is 23.2 Å². The van der Waals surface area contributed by atoms with Crippen LogP contribution >= 0.6 is 23.2 Å². The Kier molecular flexibility index (Phi) is 5.46. The fraction of sp³-hybridized carbons (Fsp3) is 0.643. The van der Waals surface area contributed by atoms with Gasteiger partial charge in [-0.2, -0.15) is 0 Å². The van der Waals surface area contributed by atoms with Crippen molar-refractivity contribution in [1.82, 2.24) is 9.88 Å². The maximum absolute atomic E-state index is 6.23. The molecule has 106 valence electrons. The predicted octanol–water partition coefficient (Wildman–Crippen LogP) is 3.34. The first-order valence-corrected chi connectivity index (χ1v) is 7.65.